The second-order valence-electron chi connectivity index (χ2n) is 3.99. The molecule has 0 amide bonds. The van der Waals surface area contributed by atoms with Crippen LogP contribution in [0.4, 0.5) is 0 Å². The first kappa shape index (κ1) is 11.7. The molecule has 15 heavy (non-hydrogen) atoms. The number of hydrogen-bond donors (Lipinski definition) is 1. The maximum absolute atomic E-state index is 9.01. The molecule has 0 fully saturated rings. The summed E-state index contributed by atoms with van der Waals surface area (Å²) in [6.07, 6.45) is 0. The van der Waals surface area contributed by atoms with Gasteiger partial charge in [0.15, 0.2) is 0 Å². The van der Waals surface area contributed by atoms with Gasteiger partial charge in [-0.1, -0.05) is 26.0 Å². The summed E-state index contributed by atoms with van der Waals surface area (Å²) in [6.45, 7) is 7.94. The van der Waals surface area contributed by atoms with Gasteiger partial charge in [0.2, 0.25) is 0 Å². The molecule has 0 aliphatic carbocycles. The minimum atomic E-state index is -0.154. The first-order valence-corrected chi connectivity index (χ1v) is 5.08. The summed E-state index contributed by atoms with van der Waals surface area (Å²) in [5.41, 5.74) is 2.65. The minimum Gasteiger partial charge on any atom is -0.396 e. The molecule has 1 unspecified atom stereocenters. The van der Waals surface area contributed by atoms with Gasteiger partial charge in [-0.25, -0.2) is 0 Å². The van der Waals surface area contributed by atoms with Crippen LogP contribution in [-0.4, -0.2) is 11.7 Å². The molecule has 0 saturated carbocycles. The van der Waals surface area contributed by atoms with Crippen molar-refractivity contribution in [1.29, 1.82) is 5.26 Å². The summed E-state index contributed by atoms with van der Waals surface area (Å²) in [5.74, 6) is 0.185. The third-order valence-electron chi connectivity index (χ3n) is 2.51. The van der Waals surface area contributed by atoms with Gasteiger partial charge < -0.3 is 5.11 Å². The summed E-state index contributed by atoms with van der Waals surface area (Å²) in [7, 11) is 0. The third-order valence-corrected chi connectivity index (χ3v) is 2.51. The van der Waals surface area contributed by atoms with Crippen LogP contribution in [0.25, 0.3) is 0 Å². The Morgan fingerprint density at radius 3 is 2.60 bits per heavy atom. The normalized spacial score (nSPS) is 12.5. The number of aliphatic hydroxyl groups is 1. The molecule has 0 aliphatic heterocycles. The van der Waals surface area contributed by atoms with Gasteiger partial charge in [0.05, 0.1) is 11.6 Å². The fraction of sp³-hybridized carbons (Fsp3) is 0.385. The molecule has 0 bridgehead atoms. The highest BCUT2D eigenvalue weighted by molar-refractivity contribution is 5.43. The lowest BCUT2D eigenvalue weighted by Crippen LogP contribution is -2.01. The van der Waals surface area contributed by atoms with Crippen LogP contribution in [0.1, 0.15) is 42.4 Å². The molecular formula is C13H16NO. The number of rotatable bonds is 3. The SMILES string of the molecule is [CH2]C(CO)c1ccc(C(C)C)c(C#N)c1. The van der Waals surface area contributed by atoms with E-state index in [0.29, 0.717) is 11.5 Å². The van der Waals surface area contributed by atoms with E-state index in [-0.39, 0.29) is 12.5 Å². The molecule has 0 spiro atoms. The van der Waals surface area contributed by atoms with Gasteiger partial charge in [0, 0.05) is 12.5 Å². The summed E-state index contributed by atoms with van der Waals surface area (Å²) in [5, 5.41) is 18.0. The highest BCUT2D eigenvalue weighted by Crippen LogP contribution is 2.23. The van der Waals surface area contributed by atoms with Gasteiger partial charge >= 0.3 is 0 Å². The quantitative estimate of drug-likeness (QED) is 0.818. The molecule has 1 aromatic carbocycles. The lowest BCUT2D eigenvalue weighted by Gasteiger charge is -2.12. The van der Waals surface area contributed by atoms with E-state index < -0.39 is 0 Å². The summed E-state index contributed by atoms with van der Waals surface area (Å²) in [6, 6.07) is 7.89. The molecule has 0 saturated heterocycles. The van der Waals surface area contributed by atoms with Gasteiger partial charge in [-0.05, 0) is 30.0 Å². The molecule has 2 nitrogen and oxygen atoms in total. The number of nitrogens with zero attached hydrogens (tertiary/aromatic N) is 1. The zero-order valence-corrected chi connectivity index (χ0v) is 9.20. The Morgan fingerprint density at radius 1 is 1.47 bits per heavy atom. The molecule has 79 valence electrons. The van der Waals surface area contributed by atoms with Crippen molar-refractivity contribution in [3.05, 3.63) is 41.8 Å². The van der Waals surface area contributed by atoms with Crippen molar-refractivity contribution in [2.45, 2.75) is 25.7 Å². The van der Waals surface area contributed by atoms with Crippen LogP contribution >= 0.6 is 0 Å². The van der Waals surface area contributed by atoms with Gasteiger partial charge in [-0.2, -0.15) is 5.26 Å². The fourth-order valence-corrected chi connectivity index (χ4v) is 1.53. The van der Waals surface area contributed by atoms with Crippen LogP contribution in [0.5, 0.6) is 0 Å². The molecule has 1 atom stereocenters. The second kappa shape index (κ2) is 4.95. The lowest BCUT2D eigenvalue weighted by molar-refractivity contribution is 0.282. The summed E-state index contributed by atoms with van der Waals surface area (Å²) < 4.78 is 0. The van der Waals surface area contributed by atoms with E-state index in [9.17, 15) is 0 Å². The van der Waals surface area contributed by atoms with E-state index in [4.69, 9.17) is 10.4 Å². The zero-order chi connectivity index (χ0) is 11.4. The lowest BCUT2D eigenvalue weighted by atomic mass is 9.92. The van der Waals surface area contributed by atoms with Gasteiger partial charge in [-0.15, -0.1) is 0 Å². The van der Waals surface area contributed by atoms with Crippen LogP contribution in [0.3, 0.4) is 0 Å². The number of hydrogen-bond acceptors (Lipinski definition) is 2. The number of benzene rings is 1. The number of nitriles is 1. The van der Waals surface area contributed by atoms with Crippen LogP contribution in [-0.2, 0) is 0 Å². The van der Waals surface area contributed by atoms with Crippen molar-refractivity contribution < 1.29 is 5.11 Å². The molecule has 1 radical (unpaired) electrons. The van der Waals surface area contributed by atoms with E-state index in [1.165, 1.54) is 0 Å². The maximum Gasteiger partial charge on any atom is 0.0994 e. The minimum absolute atomic E-state index is 0.00585. The van der Waals surface area contributed by atoms with Crippen LogP contribution < -0.4 is 0 Å². The Hall–Kier alpha value is -1.33. The van der Waals surface area contributed by atoms with Crippen molar-refractivity contribution in [3.63, 3.8) is 0 Å². The molecule has 2 heteroatoms. The van der Waals surface area contributed by atoms with E-state index in [1.54, 1.807) is 0 Å². The topological polar surface area (TPSA) is 44.0 Å². The smallest absolute Gasteiger partial charge is 0.0994 e. The standard InChI is InChI=1S/C13H16NO/c1-9(2)13-5-4-11(10(3)8-15)6-12(13)7-14/h4-6,9-10,15H,3,8H2,1-2H3. The van der Waals surface area contributed by atoms with Crippen molar-refractivity contribution >= 4 is 0 Å². The molecule has 0 aliphatic rings. The van der Waals surface area contributed by atoms with Gasteiger partial charge in [0.1, 0.15) is 0 Å². The van der Waals surface area contributed by atoms with E-state index >= 15 is 0 Å². The predicted octanol–water partition coefficient (Wildman–Crippen LogP) is 2.59. The van der Waals surface area contributed by atoms with E-state index in [2.05, 4.69) is 26.8 Å². The van der Waals surface area contributed by atoms with Crippen molar-refractivity contribution in [2.75, 3.05) is 6.61 Å². The highest BCUT2D eigenvalue weighted by atomic mass is 16.3. The third kappa shape index (κ3) is 2.57. The van der Waals surface area contributed by atoms with Crippen molar-refractivity contribution in [2.24, 2.45) is 0 Å². The van der Waals surface area contributed by atoms with E-state index in [1.807, 2.05) is 18.2 Å². The monoisotopic (exact) mass is 202 g/mol. The molecule has 1 rings (SSSR count). The average Bonchev–Trinajstić information content (AvgIpc) is 2.26. The molecule has 0 aromatic heterocycles. The predicted molar refractivity (Wildman–Crippen MR) is 60.4 cm³/mol. The number of aliphatic hydroxyl groups excluding tert-OH is 1. The molecule has 1 aromatic rings. The Bertz CT molecular complexity index is 377. The molecular weight excluding hydrogens is 186 g/mol. The Morgan fingerprint density at radius 2 is 2.13 bits per heavy atom. The summed E-state index contributed by atoms with van der Waals surface area (Å²) in [4.78, 5) is 0. The Balaban J connectivity index is 3.15. The molecule has 0 heterocycles. The largest absolute Gasteiger partial charge is 0.396 e. The van der Waals surface area contributed by atoms with Gasteiger partial charge in [-0.3, -0.25) is 0 Å². The van der Waals surface area contributed by atoms with E-state index in [0.717, 1.165) is 11.1 Å². The van der Waals surface area contributed by atoms with Crippen molar-refractivity contribution in [1.82, 2.24) is 0 Å². The maximum atomic E-state index is 9.01. The first-order chi connectivity index (χ1) is 7.10. The van der Waals surface area contributed by atoms with Crippen LogP contribution in [0.2, 0.25) is 0 Å². The highest BCUT2D eigenvalue weighted by Gasteiger charge is 2.10. The Labute approximate surface area is 91.2 Å². The van der Waals surface area contributed by atoms with Crippen LogP contribution in [0, 0.1) is 18.3 Å². The van der Waals surface area contributed by atoms with Gasteiger partial charge in [0.25, 0.3) is 0 Å². The van der Waals surface area contributed by atoms with Crippen LogP contribution in [0.15, 0.2) is 18.2 Å². The Kier molecular flexibility index (Phi) is 3.88. The summed E-state index contributed by atoms with van der Waals surface area (Å²) >= 11 is 0. The first-order valence-electron chi connectivity index (χ1n) is 5.08. The van der Waals surface area contributed by atoms with Crippen molar-refractivity contribution in [3.8, 4) is 6.07 Å². The second-order valence-corrected chi connectivity index (χ2v) is 3.99. The fourth-order valence-electron chi connectivity index (χ4n) is 1.53. The molecule has 1 N–H and O–H groups in total. The zero-order valence-electron chi connectivity index (χ0n) is 9.20. The average molecular weight is 202 g/mol.